The summed E-state index contributed by atoms with van der Waals surface area (Å²) in [5.41, 5.74) is 0. The SMILES string of the molecule is CCNC(=O)C1(S(=O)(=O)c2ccc(F)cc2)CCN(C2CC2)CC1. The monoisotopic (exact) mass is 354 g/mol. The van der Waals surface area contributed by atoms with Crippen molar-refractivity contribution >= 4 is 15.7 Å². The van der Waals surface area contributed by atoms with Gasteiger partial charge in [-0.05, 0) is 56.9 Å². The van der Waals surface area contributed by atoms with Crippen LogP contribution in [0.4, 0.5) is 4.39 Å². The number of carbonyl (C=O) groups is 1. The van der Waals surface area contributed by atoms with Gasteiger partial charge in [0.15, 0.2) is 14.6 Å². The van der Waals surface area contributed by atoms with Gasteiger partial charge in [0, 0.05) is 25.7 Å². The number of rotatable bonds is 5. The molecule has 0 aromatic heterocycles. The van der Waals surface area contributed by atoms with Crippen LogP contribution in [0.25, 0.3) is 0 Å². The summed E-state index contributed by atoms with van der Waals surface area (Å²) in [6, 6.07) is 5.29. The lowest BCUT2D eigenvalue weighted by Gasteiger charge is -2.40. The summed E-state index contributed by atoms with van der Waals surface area (Å²) >= 11 is 0. The minimum absolute atomic E-state index is 0.00928. The number of nitrogens with zero attached hydrogens (tertiary/aromatic N) is 1. The third kappa shape index (κ3) is 2.95. The van der Waals surface area contributed by atoms with E-state index in [1.54, 1.807) is 6.92 Å². The van der Waals surface area contributed by atoms with Gasteiger partial charge in [0.25, 0.3) is 0 Å². The van der Waals surface area contributed by atoms with Crippen molar-refractivity contribution in [1.82, 2.24) is 10.2 Å². The largest absolute Gasteiger partial charge is 0.355 e. The lowest BCUT2D eigenvalue weighted by molar-refractivity contribution is -0.124. The number of piperidine rings is 1. The van der Waals surface area contributed by atoms with Crippen LogP contribution in [-0.2, 0) is 14.6 Å². The van der Waals surface area contributed by atoms with Gasteiger partial charge >= 0.3 is 0 Å². The van der Waals surface area contributed by atoms with E-state index in [4.69, 9.17) is 0 Å². The molecule has 0 bridgehead atoms. The van der Waals surface area contributed by atoms with E-state index in [9.17, 15) is 17.6 Å². The molecule has 7 heteroatoms. The van der Waals surface area contributed by atoms with Crippen LogP contribution in [0.3, 0.4) is 0 Å². The number of hydrogen-bond donors (Lipinski definition) is 1. The Morgan fingerprint density at radius 1 is 1.25 bits per heavy atom. The molecular formula is C17H23FN2O3S. The fourth-order valence-electron chi connectivity index (χ4n) is 3.47. The molecule has 0 atom stereocenters. The fourth-order valence-corrected chi connectivity index (χ4v) is 5.45. The van der Waals surface area contributed by atoms with E-state index < -0.39 is 26.3 Å². The molecule has 0 radical (unpaired) electrons. The van der Waals surface area contributed by atoms with Gasteiger partial charge in [0.2, 0.25) is 5.91 Å². The highest BCUT2D eigenvalue weighted by molar-refractivity contribution is 7.93. The Balaban J connectivity index is 1.95. The van der Waals surface area contributed by atoms with Crippen molar-refractivity contribution in [3.63, 3.8) is 0 Å². The van der Waals surface area contributed by atoms with E-state index in [2.05, 4.69) is 10.2 Å². The summed E-state index contributed by atoms with van der Waals surface area (Å²) in [7, 11) is -3.90. The second-order valence-electron chi connectivity index (χ2n) is 6.58. The zero-order valence-corrected chi connectivity index (χ0v) is 14.6. The number of carbonyl (C=O) groups excluding carboxylic acids is 1. The van der Waals surface area contributed by atoms with Crippen LogP contribution in [-0.4, -0.2) is 49.6 Å². The van der Waals surface area contributed by atoms with Gasteiger partial charge in [-0.25, -0.2) is 12.8 Å². The van der Waals surface area contributed by atoms with Crippen molar-refractivity contribution in [2.24, 2.45) is 0 Å². The fraction of sp³-hybridized carbons (Fsp3) is 0.588. The topological polar surface area (TPSA) is 66.5 Å². The zero-order chi connectivity index (χ0) is 17.4. The number of likely N-dealkylation sites (tertiary alicyclic amines) is 1. The van der Waals surface area contributed by atoms with Crippen LogP contribution in [0, 0.1) is 5.82 Å². The first-order chi connectivity index (χ1) is 11.4. The summed E-state index contributed by atoms with van der Waals surface area (Å²) in [4.78, 5) is 15.0. The molecule has 132 valence electrons. The number of amides is 1. The molecule has 2 aliphatic rings. The van der Waals surface area contributed by atoms with Crippen LogP contribution in [0.5, 0.6) is 0 Å². The maximum absolute atomic E-state index is 13.2. The third-order valence-corrected chi connectivity index (χ3v) is 7.57. The van der Waals surface area contributed by atoms with Gasteiger partial charge in [-0.15, -0.1) is 0 Å². The first kappa shape index (κ1) is 17.4. The van der Waals surface area contributed by atoms with Crippen molar-refractivity contribution < 1.29 is 17.6 Å². The van der Waals surface area contributed by atoms with E-state index in [1.165, 1.54) is 12.1 Å². The number of nitrogens with one attached hydrogen (secondary N) is 1. The normalized spacial score (nSPS) is 21.4. The van der Waals surface area contributed by atoms with Gasteiger partial charge in [-0.1, -0.05) is 0 Å². The van der Waals surface area contributed by atoms with Gasteiger partial charge in [-0.2, -0.15) is 0 Å². The molecule has 1 aromatic rings. The Hall–Kier alpha value is -1.47. The van der Waals surface area contributed by atoms with E-state index in [0.717, 1.165) is 25.0 Å². The lowest BCUT2D eigenvalue weighted by atomic mass is 9.94. The van der Waals surface area contributed by atoms with Crippen LogP contribution in [0.15, 0.2) is 29.2 Å². The minimum atomic E-state index is -3.90. The Bertz CT molecular complexity index is 706. The predicted octanol–water partition coefficient (Wildman–Crippen LogP) is 1.73. The van der Waals surface area contributed by atoms with Crippen molar-refractivity contribution in [3.05, 3.63) is 30.1 Å². The Morgan fingerprint density at radius 2 is 1.83 bits per heavy atom. The predicted molar refractivity (Wildman–Crippen MR) is 88.8 cm³/mol. The molecule has 24 heavy (non-hydrogen) atoms. The first-order valence-electron chi connectivity index (χ1n) is 8.43. The smallest absolute Gasteiger partial charge is 0.241 e. The second-order valence-corrected chi connectivity index (χ2v) is 8.84. The van der Waals surface area contributed by atoms with Crippen LogP contribution >= 0.6 is 0 Å². The summed E-state index contributed by atoms with van der Waals surface area (Å²) in [5.74, 6) is -0.936. The molecular weight excluding hydrogens is 331 g/mol. The van der Waals surface area contributed by atoms with E-state index in [0.29, 0.717) is 25.7 Å². The minimum Gasteiger partial charge on any atom is -0.355 e. The molecule has 1 N–H and O–H groups in total. The Labute approximate surface area is 142 Å². The molecule has 1 saturated heterocycles. The second kappa shape index (κ2) is 6.44. The van der Waals surface area contributed by atoms with Crippen LogP contribution in [0.1, 0.15) is 32.6 Å². The average molecular weight is 354 g/mol. The molecule has 1 aliphatic heterocycles. The standard InChI is InChI=1S/C17H23FN2O3S/c1-2-19-16(21)17(9-11-20(12-10-17)14-5-6-14)24(22,23)15-7-3-13(18)4-8-15/h3-4,7-8,14H,2,5-6,9-12H2,1H3,(H,19,21). The molecule has 1 amide bonds. The van der Waals surface area contributed by atoms with Crippen LogP contribution in [0.2, 0.25) is 0 Å². The van der Waals surface area contributed by atoms with E-state index in [-0.39, 0.29) is 17.7 Å². The molecule has 1 aromatic carbocycles. The molecule has 1 heterocycles. The van der Waals surface area contributed by atoms with E-state index in [1.807, 2.05) is 0 Å². The summed E-state index contributed by atoms with van der Waals surface area (Å²) in [6.07, 6.45) is 2.85. The third-order valence-electron chi connectivity index (χ3n) is 5.06. The first-order valence-corrected chi connectivity index (χ1v) is 9.91. The van der Waals surface area contributed by atoms with Gasteiger partial charge in [0.1, 0.15) is 5.82 Å². The molecule has 3 rings (SSSR count). The Kier molecular flexibility index (Phi) is 4.66. The molecule has 0 unspecified atom stereocenters. The van der Waals surface area contributed by atoms with Gasteiger partial charge < -0.3 is 10.2 Å². The average Bonchev–Trinajstić information content (AvgIpc) is 3.40. The lowest BCUT2D eigenvalue weighted by Crippen LogP contribution is -2.58. The van der Waals surface area contributed by atoms with Crippen molar-refractivity contribution in [3.8, 4) is 0 Å². The molecule has 2 fully saturated rings. The van der Waals surface area contributed by atoms with Gasteiger partial charge in [-0.3, -0.25) is 4.79 Å². The van der Waals surface area contributed by atoms with Crippen molar-refractivity contribution in [2.45, 2.75) is 48.3 Å². The van der Waals surface area contributed by atoms with Crippen LogP contribution < -0.4 is 5.32 Å². The number of hydrogen-bond acceptors (Lipinski definition) is 4. The molecule has 0 spiro atoms. The molecule has 1 aliphatic carbocycles. The highest BCUT2D eigenvalue weighted by atomic mass is 32.2. The maximum atomic E-state index is 13.2. The van der Waals surface area contributed by atoms with Crippen molar-refractivity contribution in [2.75, 3.05) is 19.6 Å². The van der Waals surface area contributed by atoms with Crippen molar-refractivity contribution in [1.29, 1.82) is 0 Å². The number of halogens is 1. The number of sulfone groups is 1. The highest BCUT2D eigenvalue weighted by Crippen LogP contribution is 2.39. The number of benzene rings is 1. The zero-order valence-electron chi connectivity index (χ0n) is 13.8. The highest BCUT2D eigenvalue weighted by Gasteiger charge is 2.53. The molecule has 5 nitrogen and oxygen atoms in total. The quantitative estimate of drug-likeness (QED) is 0.818. The Morgan fingerprint density at radius 3 is 2.33 bits per heavy atom. The maximum Gasteiger partial charge on any atom is 0.241 e. The van der Waals surface area contributed by atoms with E-state index >= 15 is 0 Å². The summed E-state index contributed by atoms with van der Waals surface area (Å²) in [5, 5.41) is 2.69. The summed E-state index contributed by atoms with van der Waals surface area (Å²) < 4.78 is 38.1. The summed E-state index contributed by atoms with van der Waals surface area (Å²) in [6.45, 7) is 3.35. The van der Waals surface area contributed by atoms with Gasteiger partial charge in [0.05, 0.1) is 4.90 Å². The molecule has 1 saturated carbocycles.